The van der Waals surface area contributed by atoms with Crippen LogP contribution in [0.15, 0.2) is 24.5 Å². The first-order valence-corrected chi connectivity index (χ1v) is 10.7. The third-order valence-electron chi connectivity index (χ3n) is 6.63. The lowest BCUT2D eigenvalue weighted by Crippen LogP contribution is -2.55. The molecule has 1 heterocycles. The van der Waals surface area contributed by atoms with Gasteiger partial charge < -0.3 is 10.6 Å². The summed E-state index contributed by atoms with van der Waals surface area (Å²) in [5, 5.41) is 19.1. The lowest BCUT2D eigenvalue weighted by atomic mass is 9.53. The predicted molar refractivity (Wildman–Crippen MR) is 113 cm³/mol. The summed E-state index contributed by atoms with van der Waals surface area (Å²) in [5.41, 5.74) is 0.194. The summed E-state index contributed by atoms with van der Waals surface area (Å²) >= 11 is 12.3. The Morgan fingerprint density at radius 2 is 1.66 bits per heavy atom. The number of nitrogens with zero attached hydrogens (tertiary/aromatic N) is 3. The van der Waals surface area contributed by atoms with Gasteiger partial charge in [-0.2, -0.15) is 0 Å². The molecule has 4 aliphatic rings. The number of hydrogen-bond acceptors (Lipinski definition) is 6. The molecule has 2 aromatic rings. The third-order valence-corrected chi connectivity index (χ3v) is 7.45. The van der Waals surface area contributed by atoms with Gasteiger partial charge in [-0.25, -0.2) is 9.97 Å². The molecule has 2 N–H and O–H groups in total. The highest BCUT2D eigenvalue weighted by Gasteiger charge is 2.51. The summed E-state index contributed by atoms with van der Waals surface area (Å²) in [6.07, 6.45) is 8.42. The summed E-state index contributed by atoms with van der Waals surface area (Å²) in [7, 11) is 0. The summed E-state index contributed by atoms with van der Waals surface area (Å²) in [6, 6.07) is 5.08. The van der Waals surface area contributed by atoms with Crippen LogP contribution in [0, 0.1) is 27.9 Å². The van der Waals surface area contributed by atoms with E-state index in [0.29, 0.717) is 10.7 Å². The van der Waals surface area contributed by atoms with Gasteiger partial charge in [-0.1, -0.05) is 29.3 Å². The zero-order valence-electron chi connectivity index (χ0n) is 15.7. The van der Waals surface area contributed by atoms with Gasteiger partial charge in [0.25, 0.3) is 0 Å². The second-order valence-electron chi connectivity index (χ2n) is 8.73. The van der Waals surface area contributed by atoms with Crippen LogP contribution in [0.2, 0.25) is 10.0 Å². The van der Waals surface area contributed by atoms with Crippen molar-refractivity contribution in [1.82, 2.24) is 9.97 Å². The number of anilines is 3. The largest absolute Gasteiger partial charge is 0.359 e. The third kappa shape index (κ3) is 3.40. The quantitative estimate of drug-likeness (QED) is 0.455. The van der Waals surface area contributed by atoms with Crippen molar-refractivity contribution in [1.29, 1.82) is 0 Å². The number of rotatable bonds is 5. The second-order valence-corrected chi connectivity index (χ2v) is 9.51. The van der Waals surface area contributed by atoms with Crippen LogP contribution in [-0.2, 0) is 0 Å². The van der Waals surface area contributed by atoms with Crippen molar-refractivity contribution in [3.8, 4) is 0 Å². The normalized spacial score (nSPS) is 29.7. The van der Waals surface area contributed by atoms with Crippen LogP contribution in [0.1, 0.15) is 38.5 Å². The molecule has 0 spiro atoms. The van der Waals surface area contributed by atoms with Gasteiger partial charge in [0.05, 0.1) is 20.7 Å². The molecule has 29 heavy (non-hydrogen) atoms. The lowest BCUT2D eigenvalue weighted by molar-refractivity contribution is -0.383. The molecule has 0 aliphatic heterocycles. The van der Waals surface area contributed by atoms with Crippen LogP contribution in [0.4, 0.5) is 23.0 Å². The maximum absolute atomic E-state index is 12.0. The van der Waals surface area contributed by atoms with Crippen LogP contribution in [0.3, 0.4) is 0 Å². The summed E-state index contributed by atoms with van der Waals surface area (Å²) in [5.74, 6) is 2.53. The van der Waals surface area contributed by atoms with E-state index < -0.39 is 4.92 Å². The van der Waals surface area contributed by atoms with Crippen LogP contribution in [-0.4, -0.2) is 20.4 Å². The van der Waals surface area contributed by atoms with Crippen molar-refractivity contribution in [2.45, 2.75) is 44.1 Å². The first-order valence-electron chi connectivity index (χ1n) is 9.91. The molecule has 0 saturated heterocycles. The molecule has 4 saturated carbocycles. The van der Waals surface area contributed by atoms with Gasteiger partial charge in [-0.05, 0) is 68.4 Å². The fraction of sp³-hybridized carbons (Fsp3) is 0.500. The van der Waals surface area contributed by atoms with Crippen molar-refractivity contribution in [2.24, 2.45) is 17.8 Å². The first kappa shape index (κ1) is 18.9. The van der Waals surface area contributed by atoms with Gasteiger partial charge in [-0.3, -0.25) is 10.1 Å². The monoisotopic (exact) mass is 433 g/mol. The van der Waals surface area contributed by atoms with Crippen molar-refractivity contribution in [3.63, 3.8) is 0 Å². The zero-order chi connectivity index (χ0) is 20.2. The van der Waals surface area contributed by atoms with Gasteiger partial charge >= 0.3 is 5.69 Å². The summed E-state index contributed by atoms with van der Waals surface area (Å²) < 4.78 is 0. The Morgan fingerprint density at radius 1 is 1.03 bits per heavy atom. The molecule has 4 aliphatic carbocycles. The number of benzene rings is 1. The number of nitro groups is 1. The van der Waals surface area contributed by atoms with Gasteiger partial charge in [0.2, 0.25) is 11.6 Å². The van der Waals surface area contributed by atoms with E-state index in [1.807, 2.05) is 0 Å². The average Bonchev–Trinajstić information content (AvgIpc) is 2.64. The highest BCUT2D eigenvalue weighted by molar-refractivity contribution is 6.43. The van der Waals surface area contributed by atoms with E-state index in [1.165, 1.54) is 25.6 Å². The smallest absolute Gasteiger partial charge is 0.353 e. The molecular weight excluding hydrogens is 413 g/mol. The fourth-order valence-corrected chi connectivity index (χ4v) is 6.33. The van der Waals surface area contributed by atoms with Crippen LogP contribution < -0.4 is 10.6 Å². The van der Waals surface area contributed by atoms with E-state index in [0.717, 1.165) is 37.0 Å². The van der Waals surface area contributed by atoms with Crippen molar-refractivity contribution < 1.29 is 4.92 Å². The average molecular weight is 434 g/mol. The molecule has 6 rings (SSSR count). The molecule has 0 amide bonds. The van der Waals surface area contributed by atoms with Crippen molar-refractivity contribution in [2.75, 3.05) is 10.6 Å². The molecular formula is C20H21Cl2N5O2. The van der Waals surface area contributed by atoms with Crippen LogP contribution in [0.5, 0.6) is 0 Å². The second kappa shape index (κ2) is 6.99. The Bertz CT molecular complexity index is 948. The Morgan fingerprint density at radius 3 is 2.28 bits per heavy atom. The molecule has 9 heteroatoms. The molecule has 7 nitrogen and oxygen atoms in total. The van der Waals surface area contributed by atoms with Gasteiger partial charge in [0.1, 0.15) is 6.33 Å². The van der Waals surface area contributed by atoms with E-state index in [-0.39, 0.29) is 27.9 Å². The zero-order valence-corrected chi connectivity index (χ0v) is 17.2. The first-order chi connectivity index (χ1) is 13.9. The van der Waals surface area contributed by atoms with E-state index in [4.69, 9.17) is 23.2 Å². The van der Waals surface area contributed by atoms with Crippen LogP contribution >= 0.6 is 23.2 Å². The molecule has 152 valence electrons. The molecule has 1 aromatic carbocycles. The van der Waals surface area contributed by atoms with Crippen molar-refractivity contribution in [3.05, 3.63) is 44.7 Å². The highest BCUT2D eigenvalue weighted by atomic mass is 35.5. The van der Waals surface area contributed by atoms with E-state index in [2.05, 4.69) is 20.6 Å². The lowest BCUT2D eigenvalue weighted by Gasteiger charge is -2.57. The van der Waals surface area contributed by atoms with Gasteiger partial charge in [0, 0.05) is 5.54 Å². The predicted octanol–water partition coefficient (Wildman–Crippen LogP) is 5.82. The standard InChI is InChI=1S/C20H21Cl2N5O2/c21-14-2-1-3-15(16(14)22)25-18-17(27(28)29)19(24-10-23-18)26-20-7-11-4-12(8-20)6-13(5-11)9-20/h1-3,10-13H,4-9H2,(H2,23,24,25,26). The van der Waals surface area contributed by atoms with E-state index >= 15 is 0 Å². The maximum Gasteiger partial charge on any atom is 0.353 e. The summed E-state index contributed by atoms with van der Waals surface area (Å²) in [4.78, 5) is 19.9. The Hall–Kier alpha value is -2.12. The SMILES string of the molecule is O=[N+]([O-])c1c(Nc2cccc(Cl)c2Cl)ncnc1NC12CC3CC(CC(C3)C1)C2. The van der Waals surface area contributed by atoms with Crippen molar-refractivity contribution >= 4 is 46.2 Å². The minimum absolute atomic E-state index is 0.0984. The minimum atomic E-state index is -0.441. The highest BCUT2D eigenvalue weighted by Crippen LogP contribution is 2.57. The Balaban J connectivity index is 1.49. The number of hydrogen-bond donors (Lipinski definition) is 2. The van der Waals surface area contributed by atoms with E-state index in [9.17, 15) is 10.1 Å². The minimum Gasteiger partial charge on any atom is -0.359 e. The molecule has 4 bridgehead atoms. The number of halogens is 2. The number of aromatic nitrogens is 2. The molecule has 0 radical (unpaired) electrons. The maximum atomic E-state index is 12.0. The van der Waals surface area contributed by atoms with Gasteiger partial charge in [0.15, 0.2) is 0 Å². The van der Waals surface area contributed by atoms with Gasteiger partial charge in [-0.15, -0.1) is 0 Å². The van der Waals surface area contributed by atoms with Crippen LogP contribution in [0.25, 0.3) is 0 Å². The Kier molecular flexibility index (Phi) is 4.55. The molecule has 0 unspecified atom stereocenters. The van der Waals surface area contributed by atoms with E-state index in [1.54, 1.807) is 18.2 Å². The molecule has 0 atom stereocenters. The molecule has 1 aromatic heterocycles. The summed E-state index contributed by atoms with van der Waals surface area (Å²) in [6.45, 7) is 0. The topological polar surface area (TPSA) is 93.0 Å². The fourth-order valence-electron chi connectivity index (χ4n) is 5.98. The number of nitrogens with one attached hydrogen (secondary N) is 2. The molecule has 4 fully saturated rings. The Labute approximate surface area is 178 Å².